The van der Waals surface area contributed by atoms with Crippen molar-refractivity contribution < 1.29 is 13.9 Å². The van der Waals surface area contributed by atoms with Gasteiger partial charge in [-0.05, 0) is 53.4 Å². The number of hydrogen-bond donors (Lipinski definition) is 0. The van der Waals surface area contributed by atoms with Gasteiger partial charge in [-0.1, -0.05) is 127 Å². The molecule has 67 heavy (non-hydrogen) atoms. The van der Waals surface area contributed by atoms with Gasteiger partial charge in [0.05, 0.1) is 38.5 Å². The van der Waals surface area contributed by atoms with Crippen molar-refractivity contribution >= 4 is 110 Å². The fraction of sp³-hybridized carbons (Fsp3) is 0. The Morgan fingerprint density at radius 3 is 1.21 bits per heavy atom. The van der Waals surface area contributed by atoms with E-state index < -0.39 is 0 Å². The Morgan fingerprint density at radius 2 is 0.761 bits per heavy atom. The van der Waals surface area contributed by atoms with Gasteiger partial charge in [0.2, 0.25) is 0 Å². The highest BCUT2D eigenvalue weighted by molar-refractivity contribution is 6.98. The molecule has 0 amide bonds. The molecule has 0 fully saturated rings. The van der Waals surface area contributed by atoms with Gasteiger partial charge < -0.3 is 18.5 Å². The van der Waals surface area contributed by atoms with Gasteiger partial charge in [0.15, 0.2) is 11.3 Å². The first-order valence-electron chi connectivity index (χ1n) is 22.6. The van der Waals surface area contributed by atoms with Crippen LogP contribution in [0.3, 0.4) is 0 Å². The third kappa shape index (κ3) is 4.57. The Hall–Kier alpha value is -9.08. The SMILES string of the molecule is c1ccc2c(c1)oc1c(-n3c4ccccc4c4ccccc43)c3c4c(c12)Oc1cc(-n2c5ccccc5c5ccccc52)ncc1B4c1cnc(-n2c4ccccc4c4ccccc42)cc1O3. The normalized spacial score (nSPS) is 13.0. The van der Waals surface area contributed by atoms with E-state index in [2.05, 4.69) is 184 Å². The first kappa shape index (κ1) is 35.3. The fourth-order valence-corrected chi connectivity index (χ4v) is 11.5. The summed E-state index contributed by atoms with van der Waals surface area (Å²) < 4.78 is 28.8. The number of fused-ring (bicyclic) bond motifs is 17. The van der Waals surface area contributed by atoms with Gasteiger partial charge in [0, 0.05) is 67.7 Å². The van der Waals surface area contributed by atoms with E-state index in [1.807, 2.05) is 24.5 Å². The molecule has 310 valence electrons. The minimum Gasteiger partial charge on any atom is -0.457 e. The molecule has 0 aliphatic carbocycles. The van der Waals surface area contributed by atoms with Gasteiger partial charge >= 0.3 is 0 Å². The molecule has 0 unspecified atom stereocenters. The maximum atomic E-state index is 7.50. The van der Waals surface area contributed by atoms with Gasteiger partial charge in [0.1, 0.15) is 40.2 Å². The minimum absolute atomic E-state index is 0.359. The van der Waals surface area contributed by atoms with Gasteiger partial charge in [-0.15, -0.1) is 0 Å². The van der Waals surface area contributed by atoms with Crippen molar-refractivity contribution in [2.24, 2.45) is 0 Å². The molecule has 0 saturated carbocycles. The molecule has 2 aliphatic rings. The van der Waals surface area contributed by atoms with E-state index in [-0.39, 0.29) is 6.71 Å². The number of furan rings is 1. The molecule has 0 N–H and O–H groups in total. The van der Waals surface area contributed by atoms with Crippen LogP contribution in [0.4, 0.5) is 0 Å². The molecule has 16 rings (SSSR count). The molecule has 2 aliphatic heterocycles. The van der Waals surface area contributed by atoms with Crippen molar-refractivity contribution in [3.63, 3.8) is 0 Å². The van der Waals surface area contributed by atoms with E-state index >= 15 is 0 Å². The van der Waals surface area contributed by atoms with Crippen LogP contribution in [0.15, 0.2) is 199 Å². The largest absolute Gasteiger partial charge is 0.457 e. The maximum Gasteiger partial charge on any atom is 0.264 e. The van der Waals surface area contributed by atoms with E-state index in [1.165, 1.54) is 10.8 Å². The predicted octanol–water partition coefficient (Wildman–Crippen LogP) is 12.4. The first-order valence-corrected chi connectivity index (χ1v) is 22.6. The first-order chi connectivity index (χ1) is 33.3. The average Bonchev–Trinajstić information content (AvgIpc) is 4.13. The molecule has 0 radical (unpaired) electrons. The number of ether oxygens (including phenoxy) is 2. The summed E-state index contributed by atoms with van der Waals surface area (Å²) in [6.07, 6.45) is 4.00. The van der Waals surface area contributed by atoms with Gasteiger partial charge in [-0.2, -0.15) is 0 Å². The monoisotopic (exact) mass is 857 g/mol. The van der Waals surface area contributed by atoms with Crippen molar-refractivity contribution in [2.45, 2.75) is 0 Å². The smallest absolute Gasteiger partial charge is 0.264 e. The van der Waals surface area contributed by atoms with Crippen molar-refractivity contribution in [1.29, 1.82) is 0 Å². The molecule has 0 spiro atoms. The molecule has 8 aromatic carbocycles. The number of para-hydroxylation sites is 7. The summed E-state index contributed by atoms with van der Waals surface area (Å²) in [5, 5.41) is 8.79. The quantitative estimate of drug-likeness (QED) is 0.166. The minimum atomic E-state index is -0.359. The molecule has 0 bridgehead atoms. The number of benzene rings is 8. The van der Waals surface area contributed by atoms with Crippen LogP contribution in [0.2, 0.25) is 0 Å². The molecule has 0 atom stereocenters. The second-order valence-electron chi connectivity index (χ2n) is 17.6. The van der Waals surface area contributed by atoms with Crippen LogP contribution in [-0.2, 0) is 0 Å². The molecule has 0 saturated heterocycles. The number of rotatable bonds is 3. The van der Waals surface area contributed by atoms with E-state index in [0.29, 0.717) is 28.6 Å². The second-order valence-corrected chi connectivity index (χ2v) is 17.6. The highest BCUT2D eigenvalue weighted by Crippen LogP contribution is 2.50. The van der Waals surface area contributed by atoms with Crippen LogP contribution < -0.4 is 25.9 Å². The average molecular weight is 858 g/mol. The highest BCUT2D eigenvalue weighted by Gasteiger charge is 2.45. The second kappa shape index (κ2) is 12.8. The molecule has 14 aromatic rings. The number of pyridine rings is 2. The van der Waals surface area contributed by atoms with E-state index in [4.69, 9.17) is 23.9 Å². The lowest BCUT2D eigenvalue weighted by molar-refractivity contribution is 0.465. The summed E-state index contributed by atoms with van der Waals surface area (Å²) in [6.45, 7) is -0.359. The molecular formula is C58H32BN5O3. The van der Waals surface area contributed by atoms with Gasteiger partial charge in [-0.3, -0.25) is 9.13 Å². The van der Waals surface area contributed by atoms with Crippen molar-refractivity contribution in [1.82, 2.24) is 23.7 Å². The van der Waals surface area contributed by atoms with E-state index in [0.717, 1.165) is 105 Å². The lowest BCUT2D eigenvalue weighted by atomic mass is 9.35. The Labute approximate surface area is 381 Å². The molecule has 8 heterocycles. The summed E-state index contributed by atoms with van der Waals surface area (Å²) in [5.74, 6) is 4.31. The summed E-state index contributed by atoms with van der Waals surface area (Å²) in [7, 11) is 0. The summed E-state index contributed by atoms with van der Waals surface area (Å²) in [6, 6.07) is 63.6. The lowest BCUT2D eigenvalue weighted by Crippen LogP contribution is -2.58. The number of nitrogens with zero attached hydrogens (tertiary/aromatic N) is 5. The Balaban J connectivity index is 1.03. The zero-order valence-electron chi connectivity index (χ0n) is 35.5. The van der Waals surface area contributed by atoms with Gasteiger partial charge in [-0.25, -0.2) is 9.97 Å². The Bertz CT molecular complexity index is 4330. The third-order valence-corrected chi connectivity index (χ3v) is 14.3. The van der Waals surface area contributed by atoms with Crippen molar-refractivity contribution in [2.75, 3.05) is 0 Å². The standard InChI is InChI=1S/C58H32BN5O3/c1-8-22-42-33(15-1)34-16-2-9-23-43(34)62(42)51-29-49-40(31-60-51)59-41-32-61-52(63-44-24-10-3-17-35(44)36-18-4-11-25-45(36)63)30-50(41)67-58-54(59)56(66-49)53-39-21-7-14-28-48(39)65-57(53)55(58)64-46-26-12-5-19-37(46)38-20-6-13-27-47(38)64/h1-32H. The molecule has 9 heteroatoms. The Morgan fingerprint density at radius 1 is 0.388 bits per heavy atom. The predicted molar refractivity (Wildman–Crippen MR) is 270 cm³/mol. The zero-order chi connectivity index (χ0) is 43.5. The van der Waals surface area contributed by atoms with Crippen LogP contribution >= 0.6 is 0 Å². The molecule has 8 nitrogen and oxygen atoms in total. The van der Waals surface area contributed by atoms with Crippen LogP contribution in [-0.4, -0.2) is 30.4 Å². The number of hydrogen-bond acceptors (Lipinski definition) is 5. The summed E-state index contributed by atoms with van der Waals surface area (Å²) in [5.41, 5.74) is 11.4. The van der Waals surface area contributed by atoms with Crippen molar-refractivity contribution in [3.05, 3.63) is 194 Å². The van der Waals surface area contributed by atoms with Gasteiger partial charge in [0.25, 0.3) is 6.71 Å². The molecular weight excluding hydrogens is 825 g/mol. The zero-order valence-corrected chi connectivity index (χ0v) is 35.5. The van der Waals surface area contributed by atoms with Crippen LogP contribution in [0, 0.1) is 0 Å². The van der Waals surface area contributed by atoms with Crippen LogP contribution in [0.25, 0.3) is 105 Å². The Kier molecular flexibility index (Phi) is 6.74. The fourth-order valence-electron chi connectivity index (χ4n) is 11.5. The van der Waals surface area contributed by atoms with Crippen molar-refractivity contribution in [3.8, 4) is 40.3 Å². The third-order valence-electron chi connectivity index (χ3n) is 14.3. The van der Waals surface area contributed by atoms with Crippen LogP contribution in [0.5, 0.6) is 23.0 Å². The maximum absolute atomic E-state index is 7.50. The topological polar surface area (TPSA) is 72.2 Å². The van der Waals surface area contributed by atoms with E-state index in [1.54, 1.807) is 0 Å². The number of aromatic nitrogens is 5. The lowest BCUT2D eigenvalue weighted by Gasteiger charge is -2.34. The highest BCUT2D eigenvalue weighted by atomic mass is 16.5. The van der Waals surface area contributed by atoms with E-state index in [9.17, 15) is 0 Å². The molecule has 6 aromatic heterocycles. The summed E-state index contributed by atoms with van der Waals surface area (Å²) >= 11 is 0. The summed E-state index contributed by atoms with van der Waals surface area (Å²) in [4.78, 5) is 10.6. The van der Waals surface area contributed by atoms with Crippen LogP contribution in [0.1, 0.15) is 0 Å².